The van der Waals surface area contributed by atoms with Crippen molar-refractivity contribution in [1.29, 1.82) is 0 Å². The topological polar surface area (TPSA) is 76.4 Å². The molecule has 0 N–H and O–H groups in total. The lowest BCUT2D eigenvalue weighted by Gasteiger charge is -2.30. The quantitative estimate of drug-likeness (QED) is 0.658. The first-order valence-electron chi connectivity index (χ1n) is 9.76. The van der Waals surface area contributed by atoms with Gasteiger partial charge in [-0.05, 0) is 31.0 Å². The van der Waals surface area contributed by atoms with Gasteiger partial charge in [0, 0.05) is 38.2 Å². The summed E-state index contributed by atoms with van der Waals surface area (Å²) in [6.45, 7) is 6.05. The Hall–Kier alpha value is -2.78. The molecule has 5 rings (SSSR count). The minimum absolute atomic E-state index is 0.0237. The molecule has 1 amide bonds. The number of aromatic nitrogens is 4. The number of nitrogens with zero attached hydrogens (tertiary/aromatic N) is 6. The van der Waals surface area contributed by atoms with Crippen molar-refractivity contribution < 1.29 is 9.53 Å². The molecule has 1 fully saturated rings. The molecule has 5 heterocycles. The van der Waals surface area contributed by atoms with Gasteiger partial charge in [0.2, 0.25) is 5.95 Å². The van der Waals surface area contributed by atoms with E-state index in [0.29, 0.717) is 31.2 Å². The molecule has 0 aromatic carbocycles. The van der Waals surface area contributed by atoms with E-state index in [-0.39, 0.29) is 5.91 Å². The van der Waals surface area contributed by atoms with Gasteiger partial charge in [-0.2, -0.15) is 0 Å². The van der Waals surface area contributed by atoms with Gasteiger partial charge >= 0.3 is 0 Å². The highest BCUT2D eigenvalue weighted by Crippen LogP contribution is 2.26. The predicted octanol–water partition coefficient (Wildman–Crippen LogP) is 2.07. The van der Waals surface area contributed by atoms with Gasteiger partial charge in [-0.15, -0.1) is 0 Å². The third-order valence-corrected chi connectivity index (χ3v) is 6.48. The third kappa shape index (κ3) is 3.51. The first kappa shape index (κ1) is 18.3. The van der Waals surface area contributed by atoms with Crippen LogP contribution in [0.1, 0.15) is 26.6 Å². The fraction of sp³-hybridized carbons (Fsp3) is 0.400. The van der Waals surface area contributed by atoms with Crippen molar-refractivity contribution in [1.82, 2.24) is 24.4 Å². The molecule has 8 nitrogen and oxygen atoms in total. The van der Waals surface area contributed by atoms with Gasteiger partial charge in [0.15, 0.2) is 5.13 Å². The van der Waals surface area contributed by atoms with E-state index >= 15 is 0 Å². The summed E-state index contributed by atoms with van der Waals surface area (Å²) >= 11 is 1.43. The van der Waals surface area contributed by atoms with E-state index in [9.17, 15) is 4.79 Å². The zero-order valence-corrected chi connectivity index (χ0v) is 17.1. The van der Waals surface area contributed by atoms with E-state index in [1.54, 1.807) is 0 Å². The van der Waals surface area contributed by atoms with Crippen LogP contribution in [0.25, 0.3) is 5.13 Å². The molecule has 0 spiro atoms. The second-order valence-electron chi connectivity index (χ2n) is 7.22. The number of rotatable bonds is 3. The average molecular weight is 411 g/mol. The van der Waals surface area contributed by atoms with Gasteiger partial charge < -0.3 is 19.1 Å². The molecule has 3 aromatic heterocycles. The second-order valence-corrected chi connectivity index (χ2v) is 8.20. The van der Waals surface area contributed by atoms with Crippen molar-refractivity contribution in [2.24, 2.45) is 0 Å². The summed E-state index contributed by atoms with van der Waals surface area (Å²) in [4.78, 5) is 31.8. The number of carbonyl (C=O) groups is 1. The molecule has 0 saturated carbocycles. The monoisotopic (exact) mass is 410 g/mol. The normalized spacial score (nSPS) is 16.7. The van der Waals surface area contributed by atoms with Gasteiger partial charge in [-0.3, -0.25) is 4.79 Å². The Morgan fingerprint density at radius 3 is 2.72 bits per heavy atom. The van der Waals surface area contributed by atoms with E-state index in [1.165, 1.54) is 11.3 Å². The van der Waals surface area contributed by atoms with E-state index in [1.807, 2.05) is 47.1 Å². The number of fused-ring (bicyclic) bond motifs is 1. The lowest BCUT2D eigenvalue weighted by Crippen LogP contribution is -2.39. The van der Waals surface area contributed by atoms with E-state index in [4.69, 9.17) is 9.72 Å². The molecular formula is C20H22N6O2S. The lowest BCUT2D eigenvalue weighted by atomic mass is 10.1. The predicted molar refractivity (Wildman–Crippen MR) is 110 cm³/mol. The Kier molecular flexibility index (Phi) is 4.76. The number of carbonyl (C=O) groups excluding carboxylic acids is 1. The fourth-order valence-corrected chi connectivity index (χ4v) is 4.68. The molecule has 150 valence electrons. The Bertz CT molecular complexity index is 1030. The number of morpholine rings is 1. The van der Waals surface area contributed by atoms with Crippen molar-refractivity contribution in [2.75, 3.05) is 37.7 Å². The molecule has 3 aromatic rings. The van der Waals surface area contributed by atoms with Crippen LogP contribution in [0, 0.1) is 6.92 Å². The van der Waals surface area contributed by atoms with Gasteiger partial charge in [-0.25, -0.2) is 15.0 Å². The molecule has 0 aliphatic carbocycles. The van der Waals surface area contributed by atoms with E-state index in [0.717, 1.165) is 47.5 Å². The summed E-state index contributed by atoms with van der Waals surface area (Å²) in [6, 6.07) is 3.90. The van der Waals surface area contributed by atoms with Crippen LogP contribution in [0.4, 0.5) is 5.95 Å². The van der Waals surface area contributed by atoms with Crippen LogP contribution in [0.3, 0.4) is 0 Å². The number of anilines is 1. The molecule has 0 radical (unpaired) electrons. The van der Waals surface area contributed by atoms with Gasteiger partial charge in [0.1, 0.15) is 4.88 Å². The Labute approximate surface area is 172 Å². The molecule has 9 heteroatoms. The molecule has 0 atom stereocenters. The molecule has 0 bridgehead atoms. The number of hydrogen-bond acceptors (Lipinski definition) is 7. The van der Waals surface area contributed by atoms with Crippen molar-refractivity contribution in [3.05, 3.63) is 52.6 Å². The number of thiazole rings is 1. The largest absolute Gasteiger partial charge is 0.378 e. The number of hydrogen-bond donors (Lipinski definition) is 0. The highest BCUT2D eigenvalue weighted by Gasteiger charge is 2.27. The smallest absolute Gasteiger partial charge is 0.266 e. The zero-order valence-electron chi connectivity index (χ0n) is 16.2. The highest BCUT2D eigenvalue weighted by molar-refractivity contribution is 7.16. The van der Waals surface area contributed by atoms with E-state index < -0.39 is 0 Å². The minimum Gasteiger partial charge on any atom is -0.378 e. The van der Waals surface area contributed by atoms with Gasteiger partial charge in [0.05, 0.1) is 31.1 Å². The van der Waals surface area contributed by atoms with Crippen molar-refractivity contribution in [3.8, 4) is 5.13 Å². The molecule has 2 aliphatic rings. The Morgan fingerprint density at radius 1 is 1.14 bits per heavy atom. The highest BCUT2D eigenvalue weighted by atomic mass is 32.1. The summed E-state index contributed by atoms with van der Waals surface area (Å²) in [5.41, 5.74) is 2.83. The van der Waals surface area contributed by atoms with Crippen molar-refractivity contribution in [3.63, 3.8) is 0 Å². The lowest BCUT2D eigenvalue weighted by molar-refractivity contribution is 0.0735. The van der Waals surface area contributed by atoms with Crippen LogP contribution in [-0.4, -0.2) is 63.2 Å². The first-order chi connectivity index (χ1) is 14.2. The fourth-order valence-electron chi connectivity index (χ4n) is 3.68. The standard InChI is InChI=1S/C20H22N6O2S/c1-14-17(29-20(22-14)25-5-2-3-6-25)18(27)26-7-4-15-12-21-19(23-16(15)13-26)24-8-10-28-11-9-24/h2-3,5-6,12H,4,7-11,13H2,1H3. The summed E-state index contributed by atoms with van der Waals surface area (Å²) < 4.78 is 7.35. The molecular weight excluding hydrogens is 388 g/mol. The average Bonchev–Trinajstić information content (AvgIpc) is 3.43. The SMILES string of the molecule is Cc1nc(-n2cccc2)sc1C(=O)N1CCc2cnc(N3CCOCC3)nc2C1. The van der Waals surface area contributed by atoms with Crippen LogP contribution in [-0.2, 0) is 17.7 Å². The summed E-state index contributed by atoms with van der Waals surface area (Å²) in [5, 5.41) is 0.810. The maximum Gasteiger partial charge on any atom is 0.266 e. The van der Waals surface area contributed by atoms with Crippen LogP contribution < -0.4 is 4.90 Å². The van der Waals surface area contributed by atoms with E-state index in [2.05, 4.69) is 14.9 Å². The van der Waals surface area contributed by atoms with Crippen LogP contribution >= 0.6 is 11.3 Å². The summed E-state index contributed by atoms with van der Waals surface area (Å²) in [7, 11) is 0. The number of amides is 1. The molecule has 2 aliphatic heterocycles. The Morgan fingerprint density at radius 2 is 1.93 bits per heavy atom. The maximum absolute atomic E-state index is 13.2. The van der Waals surface area contributed by atoms with Gasteiger partial charge in [-0.1, -0.05) is 11.3 Å². The second kappa shape index (κ2) is 7.57. The minimum atomic E-state index is 0.0237. The Balaban J connectivity index is 1.37. The molecule has 1 saturated heterocycles. The summed E-state index contributed by atoms with van der Waals surface area (Å²) in [6.07, 6.45) is 6.56. The van der Waals surface area contributed by atoms with Crippen molar-refractivity contribution in [2.45, 2.75) is 19.9 Å². The molecule has 29 heavy (non-hydrogen) atoms. The van der Waals surface area contributed by atoms with Crippen LogP contribution in [0.2, 0.25) is 0 Å². The van der Waals surface area contributed by atoms with Crippen LogP contribution in [0.5, 0.6) is 0 Å². The van der Waals surface area contributed by atoms with Crippen molar-refractivity contribution >= 4 is 23.2 Å². The first-order valence-corrected chi connectivity index (χ1v) is 10.6. The maximum atomic E-state index is 13.2. The third-order valence-electron chi connectivity index (χ3n) is 5.32. The summed E-state index contributed by atoms with van der Waals surface area (Å²) in [5.74, 6) is 0.751. The number of ether oxygens (including phenoxy) is 1. The zero-order chi connectivity index (χ0) is 19.8. The number of aryl methyl sites for hydroxylation is 1. The van der Waals surface area contributed by atoms with Crippen LogP contribution in [0.15, 0.2) is 30.7 Å². The van der Waals surface area contributed by atoms with Gasteiger partial charge in [0.25, 0.3) is 5.91 Å². The molecule has 0 unspecified atom stereocenters.